The largest absolute Gasteiger partial charge is 0.472 e. The van der Waals surface area contributed by atoms with E-state index in [9.17, 15) is 19.4 Å². The number of phosphoric acid groups is 1. The highest BCUT2D eigenvalue weighted by Crippen LogP contribution is 2.43. The molecule has 0 aromatic carbocycles. The Labute approximate surface area is 303 Å². The molecule has 286 valence electrons. The average molecular weight is 723 g/mol. The van der Waals surface area contributed by atoms with Crippen molar-refractivity contribution in [1.29, 1.82) is 0 Å². The Bertz CT molecular complexity index is 1050. The summed E-state index contributed by atoms with van der Waals surface area (Å²) in [5.41, 5.74) is 0. The van der Waals surface area contributed by atoms with Crippen LogP contribution in [0.4, 0.5) is 0 Å². The fourth-order valence-electron chi connectivity index (χ4n) is 4.29. The lowest BCUT2D eigenvalue weighted by Gasteiger charge is -2.20. The number of aliphatic hydroxyl groups excluding tert-OH is 2. The molecule has 0 aliphatic heterocycles. The molecular formula is C40H67O9P. The van der Waals surface area contributed by atoms with Crippen LogP contribution in [-0.4, -0.2) is 66.3 Å². The minimum Gasteiger partial charge on any atom is -0.457 e. The predicted molar refractivity (Wildman–Crippen MR) is 205 cm³/mol. The maximum atomic E-state index is 12.5. The molecule has 0 aliphatic carbocycles. The van der Waals surface area contributed by atoms with Gasteiger partial charge >= 0.3 is 13.8 Å². The molecule has 0 aliphatic rings. The van der Waals surface area contributed by atoms with Crippen molar-refractivity contribution in [3.8, 4) is 0 Å². The Kier molecular flexibility index (Phi) is 34.7. The Hall–Kier alpha value is -2.36. The van der Waals surface area contributed by atoms with Gasteiger partial charge in [-0.25, -0.2) is 4.57 Å². The molecule has 0 aromatic heterocycles. The highest BCUT2D eigenvalue weighted by molar-refractivity contribution is 7.47. The van der Waals surface area contributed by atoms with Crippen LogP contribution in [0.3, 0.4) is 0 Å². The number of hydrogen-bond acceptors (Lipinski definition) is 8. The number of aliphatic hydroxyl groups is 2. The van der Waals surface area contributed by atoms with Crippen molar-refractivity contribution in [2.45, 2.75) is 129 Å². The van der Waals surface area contributed by atoms with Gasteiger partial charge < -0.3 is 24.6 Å². The van der Waals surface area contributed by atoms with Crippen molar-refractivity contribution < 1.29 is 43.0 Å². The van der Waals surface area contributed by atoms with Gasteiger partial charge in [0, 0.05) is 6.61 Å². The predicted octanol–water partition coefficient (Wildman–Crippen LogP) is 9.58. The van der Waals surface area contributed by atoms with E-state index >= 15 is 0 Å². The van der Waals surface area contributed by atoms with E-state index in [1.807, 2.05) is 12.2 Å². The molecular weight excluding hydrogens is 655 g/mol. The van der Waals surface area contributed by atoms with Crippen molar-refractivity contribution in [3.63, 3.8) is 0 Å². The highest BCUT2D eigenvalue weighted by atomic mass is 31.2. The molecule has 3 N–H and O–H groups in total. The number of allylic oxidation sites excluding steroid dienone is 13. The lowest BCUT2D eigenvalue weighted by molar-refractivity contribution is -0.153. The van der Waals surface area contributed by atoms with E-state index in [4.69, 9.17) is 23.6 Å². The topological polar surface area (TPSA) is 132 Å². The molecule has 3 atom stereocenters. The molecule has 50 heavy (non-hydrogen) atoms. The van der Waals surface area contributed by atoms with Crippen molar-refractivity contribution >= 4 is 13.8 Å². The average Bonchev–Trinajstić information content (AvgIpc) is 3.10. The maximum absolute atomic E-state index is 12.5. The molecule has 0 radical (unpaired) electrons. The summed E-state index contributed by atoms with van der Waals surface area (Å²) in [7, 11) is -4.54. The zero-order valence-electron chi connectivity index (χ0n) is 30.8. The summed E-state index contributed by atoms with van der Waals surface area (Å²) < 4.78 is 33.1. The molecule has 0 aromatic rings. The first kappa shape index (κ1) is 47.6. The second-order valence-electron chi connectivity index (χ2n) is 11.9. The third-order valence-electron chi connectivity index (χ3n) is 7.08. The Morgan fingerprint density at radius 3 is 1.72 bits per heavy atom. The number of carbonyl (C=O) groups is 1. The van der Waals surface area contributed by atoms with E-state index in [-0.39, 0.29) is 13.0 Å². The van der Waals surface area contributed by atoms with Gasteiger partial charge in [0.1, 0.15) is 12.2 Å². The van der Waals surface area contributed by atoms with E-state index in [1.54, 1.807) is 6.08 Å². The van der Waals surface area contributed by atoms with E-state index in [2.05, 4.69) is 80.7 Å². The first-order chi connectivity index (χ1) is 24.3. The molecule has 9 nitrogen and oxygen atoms in total. The van der Waals surface area contributed by atoms with Crippen LogP contribution in [0.1, 0.15) is 117 Å². The second kappa shape index (κ2) is 36.4. The second-order valence-corrected chi connectivity index (χ2v) is 13.3. The molecule has 0 amide bonds. The van der Waals surface area contributed by atoms with Crippen molar-refractivity contribution in [1.82, 2.24) is 0 Å². The standard InChI is InChI=1S/C40H67O9P/c1-3-5-7-9-11-13-15-17-19-20-22-24-26-28-30-32-40(43)49-39(37-48-50(44,45)47-35-38(42)34-41)36-46-33-31-29-27-25-23-21-18-16-14-12-10-8-6-4-2/h5,7-8,10-11,13-14,16-17,19,22,24,28,30,38-39,41-42H,3-4,6,9,12,15,18,20-21,23,25-27,29,31-37H2,1-2H3,(H,44,45)/b7-5-,10-8-,13-11-,16-14-,19-17-,24-22-,30-28-. The van der Waals surface area contributed by atoms with Crippen LogP contribution in [-0.2, 0) is 27.9 Å². The molecule has 0 bridgehead atoms. The third kappa shape index (κ3) is 35.5. The minimum atomic E-state index is -4.54. The Balaban J connectivity index is 4.44. The molecule has 0 saturated carbocycles. The van der Waals surface area contributed by atoms with Crippen LogP contribution < -0.4 is 0 Å². The van der Waals surface area contributed by atoms with Crippen LogP contribution in [0, 0.1) is 0 Å². The Morgan fingerprint density at radius 2 is 1.14 bits per heavy atom. The SMILES string of the molecule is CC/C=C\C/C=C\C/C=C\C/C=C\C/C=C\CC(=O)OC(COCCCCCCCC/C=C\C/C=C\CCC)COP(=O)(O)OCC(O)CO. The zero-order valence-corrected chi connectivity index (χ0v) is 31.7. The lowest BCUT2D eigenvalue weighted by Crippen LogP contribution is -2.28. The van der Waals surface area contributed by atoms with Gasteiger partial charge in [-0.15, -0.1) is 0 Å². The molecule has 0 rings (SSSR count). The van der Waals surface area contributed by atoms with E-state index in [1.165, 1.54) is 25.7 Å². The first-order valence-electron chi connectivity index (χ1n) is 18.6. The van der Waals surface area contributed by atoms with Crippen LogP contribution in [0.5, 0.6) is 0 Å². The maximum Gasteiger partial charge on any atom is 0.472 e. The molecule has 10 heteroatoms. The smallest absolute Gasteiger partial charge is 0.457 e. The number of phosphoric ester groups is 1. The minimum absolute atomic E-state index is 0.00333. The molecule has 0 fully saturated rings. The summed E-state index contributed by atoms with van der Waals surface area (Å²) in [6.45, 7) is 3.14. The summed E-state index contributed by atoms with van der Waals surface area (Å²) in [5.74, 6) is -0.518. The fraction of sp³-hybridized carbons (Fsp3) is 0.625. The summed E-state index contributed by atoms with van der Waals surface area (Å²) in [6, 6.07) is 0. The summed E-state index contributed by atoms with van der Waals surface area (Å²) in [4.78, 5) is 22.4. The quantitative estimate of drug-likeness (QED) is 0.0257. The summed E-state index contributed by atoms with van der Waals surface area (Å²) in [6.07, 6.45) is 42.8. The summed E-state index contributed by atoms with van der Waals surface area (Å²) in [5, 5.41) is 18.3. The monoisotopic (exact) mass is 722 g/mol. The van der Waals surface area contributed by atoms with Gasteiger partial charge in [0.15, 0.2) is 0 Å². The van der Waals surface area contributed by atoms with Gasteiger partial charge in [0.25, 0.3) is 0 Å². The van der Waals surface area contributed by atoms with Gasteiger partial charge in [0.2, 0.25) is 0 Å². The molecule has 0 heterocycles. The van der Waals surface area contributed by atoms with Gasteiger partial charge in [-0.05, 0) is 64.2 Å². The number of rotatable bonds is 34. The van der Waals surface area contributed by atoms with E-state index < -0.39 is 45.8 Å². The summed E-state index contributed by atoms with van der Waals surface area (Å²) >= 11 is 0. The van der Waals surface area contributed by atoms with Gasteiger partial charge in [-0.3, -0.25) is 13.8 Å². The van der Waals surface area contributed by atoms with Gasteiger partial charge in [-0.2, -0.15) is 0 Å². The van der Waals surface area contributed by atoms with Crippen LogP contribution in [0.25, 0.3) is 0 Å². The van der Waals surface area contributed by atoms with Gasteiger partial charge in [0.05, 0.1) is 32.8 Å². The van der Waals surface area contributed by atoms with Gasteiger partial charge in [-0.1, -0.05) is 131 Å². The van der Waals surface area contributed by atoms with Crippen LogP contribution >= 0.6 is 7.82 Å². The van der Waals surface area contributed by atoms with Crippen molar-refractivity contribution in [3.05, 3.63) is 85.1 Å². The Morgan fingerprint density at radius 1 is 0.640 bits per heavy atom. The first-order valence-corrected chi connectivity index (χ1v) is 20.1. The van der Waals surface area contributed by atoms with Crippen LogP contribution in [0.15, 0.2) is 85.1 Å². The lowest BCUT2D eigenvalue weighted by atomic mass is 10.1. The number of hydrogen-bond donors (Lipinski definition) is 3. The normalized spacial score (nSPS) is 15.2. The molecule has 0 saturated heterocycles. The van der Waals surface area contributed by atoms with E-state index in [0.29, 0.717) is 13.0 Å². The molecule has 3 unspecified atom stereocenters. The number of esters is 1. The number of carbonyl (C=O) groups excluding carboxylic acids is 1. The zero-order chi connectivity index (χ0) is 36.8. The number of ether oxygens (including phenoxy) is 2. The highest BCUT2D eigenvalue weighted by Gasteiger charge is 2.26. The van der Waals surface area contributed by atoms with E-state index in [0.717, 1.165) is 64.2 Å². The molecule has 0 spiro atoms. The number of unbranched alkanes of at least 4 members (excludes halogenated alkanes) is 7. The van der Waals surface area contributed by atoms with Crippen molar-refractivity contribution in [2.24, 2.45) is 0 Å². The van der Waals surface area contributed by atoms with Crippen LogP contribution in [0.2, 0.25) is 0 Å². The fourth-order valence-corrected chi connectivity index (χ4v) is 5.08. The van der Waals surface area contributed by atoms with Crippen molar-refractivity contribution in [2.75, 3.05) is 33.0 Å². The third-order valence-corrected chi connectivity index (χ3v) is 8.03.